The third-order valence-electron chi connectivity index (χ3n) is 2.33. The molecule has 0 aliphatic heterocycles. The van der Waals surface area contributed by atoms with Crippen molar-refractivity contribution in [3.05, 3.63) is 47.4 Å². The van der Waals surface area contributed by atoms with Crippen LogP contribution in [0.2, 0.25) is 0 Å². The van der Waals surface area contributed by atoms with Crippen molar-refractivity contribution < 1.29 is 13.6 Å². The fourth-order valence-corrected chi connectivity index (χ4v) is 1.44. The number of amides is 1. The van der Waals surface area contributed by atoms with E-state index in [2.05, 4.69) is 15.5 Å². The van der Waals surface area contributed by atoms with E-state index in [-0.39, 0.29) is 11.7 Å². The van der Waals surface area contributed by atoms with Crippen LogP contribution in [-0.2, 0) is 6.42 Å². The molecule has 1 amide bonds. The molecule has 0 aliphatic rings. The highest BCUT2D eigenvalue weighted by Crippen LogP contribution is 2.03. The van der Waals surface area contributed by atoms with Crippen molar-refractivity contribution in [3.63, 3.8) is 0 Å². The predicted molar refractivity (Wildman–Crippen MR) is 61.5 cm³/mol. The smallest absolute Gasteiger partial charge is 0.308 e. The molecule has 18 heavy (non-hydrogen) atoms. The van der Waals surface area contributed by atoms with Crippen LogP contribution in [0.5, 0.6) is 0 Å². The van der Waals surface area contributed by atoms with Gasteiger partial charge in [-0.25, -0.2) is 4.39 Å². The summed E-state index contributed by atoms with van der Waals surface area (Å²) in [5, 5.41) is 9.82. The van der Waals surface area contributed by atoms with Crippen LogP contribution >= 0.6 is 0 Å². The van der Waals surface area contributed by atoms with E-state index in [0.29, 0.717) is 18.9 Å². The van der Waals surface area contributed by atoms with Gasteiger partial charge in [0.2, 0.25) is 5.89 Å². The van der Waals surface area contributed by atoms with Gasteiger partial charge in [0.25, 0.3) is 0 Å². The minimum atomic E-state index is -0.405. The van der Waals surface area contributed by atoms with Crippen LogP contribution in [0.4, 0.5) is 4.39 Å². The summed E-state index contributed by atoms with van der Waals surface area (Å²) in [6.45, 7) is 2.04. The highest BCUT2D eigenvalue weighted by atomic mass is 19.1. The Hall–Kier alpha value is -2.24. The molecule has 1 aromatic carbocycles. The first-order valence-electron chi connectivity index (χ1n) is 5.48. The number of aryl methyl sites for hydroxylation is 1. The lowest BCUT2D eigenvalue weighted by atomic mass is 10.1. The zero-order chi connectivity index (χ0) is 13.0. The largest absolute Gasteiger partial charge is 0.417 e. The van der Waals surface area contributed by atoms with E-state index in [1.165, 1.54) is 12.1 Å². The first-order chi connectivity index (χ1) is 8.65. The molecule has 5 nitrogen and oxygen atoms in total. The fraction of sp³-hybridized carbons (Fsp3) is 0.250. The molecule has 0 fully saturated rings. The molecule has 0 bridgehead atoms. The van der Waals surface area contributed by atoms with Crippen LogP contribution in [0, 0.1) is 12.7 Å². The Kier molecular flexibility index (Phi) is 3.66. The molecule has 1 aromatic heterocycles. The Labute approximate surface area is 103 Å². The number of nitrogens with one attached hydrogen (secondary N) is 1. The molecule has 2 rings (SSSR count). The van der Waals surface area contributed by atoms with Gasteiger partial charge in [0.15, 0.2) is 0 Å². The lowest BCUT2D eigenvalue weighted by Gasteiger charge is -2.02. The third-order valence-corrected chi connectivity index (χ3v) is 2.33. The van der Waals surface area contributed by atoms with E-state index < -0.39 is 5.91 Å². The summed E-state index contributed by atoms with van der Waals surface area (Å²) in [5.74, 6) is -0.382. The number of halogens is 1. The minimum absolute atomic E-state index is 0.0494. The Morgan fingerprint density at radius 2 is 2.06 bits per heavy atom. The second-order valence-electron chi connectivity index (χ2n) is 3.76. The molecule has 6 heteroatoms. The highest BCUT2D eigenvalue weighted by Gasteiger charge is 2.11. The molecular formula is C12H12FN3O2. The Morgan fingerprint density at radius 3 is 2.67 bits per heavy atom. The Bertz CT molecular complexity index is 537. The van der Waals surface area contributed by atoms with Crippen LogP contribution < -0.4 is 5.32 Å². The number of rotatable bonds is 4. The maximum absolute atomic E-state index is 12.7. The number of nitrogens with zero attached hydrogens (tertiary/aromatic N) is 2. The number of hydrogen-bond donors (Lipinski definition) is 1. The van der Waals surface area contributed by atoms with Crippen LogP contribution in [0.15, 0.2) is 28.7 Å². The molecule has 0 saturated carbocycles. The average molecular weight is 249 g/mol. The zero-order valence-corrected chi connectivity index (χ0v) is 9.81. The zero-order valence-electron chi connectivity index (χ0n) is 9.81. The van der Waals surface area contributed by atoms with Crippen molar-refractivity contribution in [2.75, 3.05) is 6.54 Å². The van der Waals surface area contributed by atoms with Gasteiger partial charge in [-0.15, -0.1) is 10.2 Å². The summed E-state index contributed by atoms with van der Waals surface area (Å²) in [6.07, 6.45) is 0.610. The van der Waals surface area contributed by atoms with Gasteiger partial charge < -0.3 is 9.73 Å². The molecule has 0 unspecified atom stereocenters. The molecule has 0 radical (unpaired) electrons. The summed E-state index contributed by atoms with van der Waals surface area (Å²) >= 11 is 0. The van der Waals surface area contributed by atoms with Crippen molar-refractivity contribution >= 4 is 5.91 Å². The van der Waals surface area contributed by atoms with Gasteiger partial charge in [-0.3, -0.25) is 4.79 Å². The number of hydrogen-bond acceptors (Lipinski definition) is 4. The van der Waals surface area contributed by atoms with E-state index in [1.807, 2.05) is 0 Å². The quantitative estimate of drug-likeness (QED) is 0.891. The summed E-state index contributed by atoms with van der Waals surface area (Å²) in [6, 6.07) is 6.13. The summed E-state index contributed by atoms with van der Waals surface area (Å²) in [5.41, 5.74) is 0.943. The SMILES string of the molecule is Cc1nnc(C(=O)NCCc2ccc(F)cc2)o1. The van der Waals surface area contributed by atoms with Crippen molar-refractivity contribution in [2.45, 2.75) is 13.3 Å². The topological polar surface area (TPSA) is 68.0 Å². The number of carbonyl (C=O) groups excluding carboxylic acids is 1. The van der Waals surface area contributed by atoms with Gasteiger partial charge >= 0.3 is 11.8 Å². The first-order valence-corrected chi connectivity index (χ1v) is 5.48. The van der Waals surface area contributed by atoms with Crippen LogP contribution in [0.25, 0.3) is 0 Å². The van der Waals surface area contributed by atoms with Crippen molar-refractivity contribution in [1.82, 2.24) is 15.5 Å². The molecule has 0 atom stereocenters. The maximum atomic E-state index is 12.7. The second-order valence-corrected chi connectivity index (χ2v) is 3.76. The van der Waals surface area contributed by atoms with E-state index in [1.54, 1.807) is 19.1 Å². The first kappa shape index (κ1) is 12.2. The maximum Gasteiger partial charge on any atom is 0.308 e. The van der Waals surface area contributed by atoms with E-state index in [4.69, 9.17) is 4.42 Å². The van der Waals surface area contributed by atoms with E-state index >= 15 is 0 Å². The summed E-state index contributed by atoms with van der Waals surface area (Å²) in [7, 11) is 0. The number of aromatic nitrogens is 2. The van der Waals surface area contributed by atoms with Crippen LogP contribution in [0.1, 0.15) is 22.1 Å². The van der Waals surface area contributed by atoms with Gasteiger partial charge in [0.1, 0.15) is 5.82 Å². The molecule has 0 aliphatic carbocycles. The second kappa shape index (κ2) is 5.39. The van der Waals surface area contributed by atoms with Crippen molar-refractivity contribution in [2.24, 2.45) is 0 Å². The molecular weight excluding hydrogens is 237 g/mol. The standard InChI is InChI=1S/C12H12FN3O2/c1-8-15-16-12(18-8)11(17)14-7-6-9-2-4-10(13)5-3-9/h2-5H,6-7H2,1H3,(H,14,17). The van der Waals surface area contributed by atoms with Crippen LogP contribution in [0.3, 0.4) is 0 Å². The minimum Gasteiger partial charge on any atom is -0.417 e. The normalized spacial score (nSPS) is 10.3. The van der Waals surface area contributed by atoms with Crippen LogP contribution in [-0.4, -0.2) is 22.6 Å². The fourth-order valence-electron chi connectivity index (χ4n) is 1.44. The molecule has 1 heterocycles. The third kappa shape index (κ3) is 3.13. The lowest BCUT2D eigenvalue weighted by Crippen LogP contribution is -2.26. The van der Waals surface area contributed by atoms with Gasteiger partial charge in [0, 0.05) is 13.5 Å². The highest BCUT2D eigenvalue weighted by molar-refractivity contribution is 5.89. The summed E-state index contributed by atoms with van der Waals surface area (Å²) in [4.78, 5) is 11.5. The molecule has 1 N–H and O–H groups in total. The number of benzene rings is 1. The van der Waals surface area contributed by atoms with Gasteiger partial charge in [0.05, 0.1) is 0 Å². The van der Waals surface area contributed by atoms with Gasteiger partial charge in [-0.2, -0.15) is 0 Å². The Morgan fingerprint density at radius 1 is 1.33 bits per heavy atom. The predicted octanol–water partition coefficient (Wildman–Crippen LogP) is 1.49. The van der Waals surface area contributed by atoms with Crippen molar-refractivity contribution in [1.29, 1.82) is 0 Å². The molecule has 0 saturated heterocycles. The van der Waals surface area contributed by atoms with E-state index in [9.17, 15) is 9.18 Å². The monoisotopic (exact) mass is 249 g/mol. The van der Waals surface area contributed by atoms with E-state index in [0.717, 1.165) is 5.56 Å². The molecule has 94 valence electrons. The van der Waals surface area contributed by atoms with Gasteiger partial charge in [-0.1, -0.05) is 12.1 Å². The number of carbonyl (C=O) groups is 1. The summed E-state index contributed by atoms with van der Waals surface area (Å²) < 4.78 is 17.6. The van der Waals surface area contributed by atoms with Crippen molar-refractivity contribution in [3.8, 4) is 0 Å². The lowest BCUT2D eigenvalue weighted by molar-refractivity contribution is 0.0918. The Balaban J connectivity index is 1.82. The molecule has 2 aromatic rings. The average Bonchev–Trinajstić information content (AvgIpc) is 2.78. The van der Waals surface area contributed by atoms with Gasteiger partial charge in [-0.05, 0) is 24.1 Å². The molecule has 0 spiro atoms.